The second-order valence-electron chi connectivity index (χ2n) is 7.01. The van der Waals surface area contributed by atoms with Crippen molar-refractivity contribution in [3.63, 3.8) is 0 Å². The number of piperidine rings is 2. The first-order valence-corrected chi connectivity index (χ1v) is 8.90. The fourth-order valence-electron chi connectivity index (χ4n) is 4.15. The highest BCUT2D eigenvalue weighted by molar-refractivity contribution is 5.39. The Labute approximate surface area is 139 Å². The zero-order chi connectivity index (χ0) is 16.3. The van der Waals surface area contributed by atoms with Gasteiger partial charge in [0.2, 0.25) is 0 Å². The minimum absolute atomic E-state index is 0.531. The monoisotopic (exact) mass is 319 g/mol. The Hall–Kier alpha value is -1.26. The van der Waals surface area contributed by atoms with Crippen LogP contribution >= 0.6 is 0 Å². The van der Waals surface area contributed by atoms with Crippen molar-refractivity contribution in [3.05, 3.63) is 24.3 Å². The minimum atomic E-state index is -0.581. The fraction of sp³-hybridized carbons (Fsp3) is 0.684. The summed E-state index contributed by atoms with van der Waals surface area (Å²) >= 11 is 0. The van der Waals surface area contributed by atoms with Crippen molar-refractivity contribution in [2.24, 2.45) is 0 Å². The normalized spacial score (nSPS) is 30.9. The summed E-state index contributed by atoms with van der Waals surface area (Å²) in [7, 11) is 2.21. The molecule has 2 aliphatic heterocycles. The van der Waals surface area contributed by atoms with Crippen molar-refractivity contribution in [3.8, 4) is 11.5 Å². The molecule has 3 rings (SSSR count). The molecule has 1 aromatic rings. The van der Waals surface area contributed by atoms with E-state index in [4.69, 9.17) is 9.47 Å². The molecule has 2 bridgehead atoms. The quantitative estimate of drug-likeness (QED) is 0.874. The van der Waals surface area contributed by atoms with E-state index in [9.17, 15) is 5.11 Å². The lowest BCUT2D eigenvalue weighted by Gasteiger charge is -2.50. The van der Waals surface area contributed by atoms with Gasteiger partial charge in [0.25, 0.3) is 0 Å². The zero-order valence-electron chi connectivity index (χ0n) is 14.3. The molecule has 2 fully saturated rings. The number of aliphatic hydroxyl groups is 1. The van der Waals surface area contributed by atoms with Crippen LogP contribution in [0.1, 0.15) is 45.4 Å². The Morgan fingerprint density at radius 3 is 2.35 bits per heavy atom. The highest BCUT2D eigenvalue weighted by atomic mass is 16.5. The van der Waals surface area contributed by atoms with Crippen molar-refractivity contribution in [2.45, 2.75) is 63.1 Å². The van der Waals surface area contributed by atoms with Gasteiger partial charge in [0.15, 0.2) is 11.5 Å². The van der Waals surface area contributed by atoms with Gasteiger partial charge in [-0.15, -0.1) is 0 Å². The Balaban J connectivity index is 1.56. The van der Waals surface area contributed by atoms with Crippen LogP contribution in [0.5, 0.6) is 11.5 Å². The van der Waals surface area contributed by atoms with E-state index in [1.165, 1.54) is 19.3 Å². The number of benzene rings is 1. The molecule has 0 amide bonds. The van der Waals surface area contributed by atoms with Gasteiger partial charge in [-0.2, -0.15) is 0 Å². The number of rotatable bonds is 6. The first kappa shape index (κ1) is 16.6. The molecule has 128 valence electrons. The molecule has 4 heteroatoms. The predicted octanol–water partition coefficient (Wildman–Crippen LogP) is 3.23. The summed E-state index contributed by atoms with van der Waals surface area (Å²) in [4.78, 5) is 2.48. The van der Waals surface area contributed by atoms with E-state index in [2.05, 4.69) is 11.9 Å². The molecule has 2 aliphatic rings. The molecule has 0 aromatic heterocycles. The molecule has 23 heavy (non-hydrogen) atoms. The van der Waals surface area contributed by atoms with Gasteiger partial charge in [-0.05, 0) is 51.8 Å². The maximum Gasteiger partial charge on any atom is 0.161 e. The summed E-state index contributed by atoms with van der Waals surface area (Å²) in [5.74, 6) is 1.55. The number of ether oxygens (including phenoxy) is 2. The Morgan fingerprint density at radius 2 is 1.74 bits per heavy atom. The van der Waals surface area contributed by atoms with Crippen LogP contribution in [0.25, 0.3) is 0 Å². The Morgan fingerprint density at radius 1 is 1.13 bits per heavy atom. The number of fused-ring (bicyclic) bond motifs is 2. The molecule has 2 saturated heterocycles. The first-order valence-electron chi connectivity index (χ1n) is 8.90. The smallest absolute Gasteiger partial charge is 0.161 e. The van der Waals surface area contributed by atoms with Gasteiger partial charge < -0.3 is 19.5 Å². The van der Waals surface area contributed by atoms with Crippen LogP contribution in [0.2, 0.25) is 0 Å². The summed E-state index contributed by atoms with van der Waals surface area (Å²) in [5.41, 5.74) is -0.581. The topological polar surface area (TPSA) is 41.9 Å². The van der Waals surface area contributed by atoms with E-state index in [0.29, 0.717) is 31.7 Å². The van der Waals surface area contributed by atoms with E-state index in [-0.39, 0.29) is 0 Å². The highest BCUT2D eigenvalue weighted by Gasteiger charge is 2.43. The van der Waals surface area contributed by atoms with E-state index in [1.54, 1.807) is 0 Å². The second kappa shape index (κ2) is 7.10. The molecule has 0 aliphatic carbocycles. The SMILES string of the molecule is CCOc1ccccc1OCCC1(O)CC2CCCC(C1)N2C. The van der Waals surface area contributed by atoms with Gasteiger partial charge in [-0.3, -0.25) is 0 Å². The summed E-state index contributed by atoms with van der Waals surface area (Å²) in [6, 6.07) is 8.81. The van der Waals surface area contributed by atoms with Crippen LogP contribution in [0.15, 0.2) is 24.3 Å². The van der Waals surface area contributed by atoms with Crippen LogP contribution in [0.4, 0.5) is 0 Å². The minimum Gasteiger partial charge on any atom is -0.490 e. The number of hydrogen-bond acceptors (Lipinski definition) is 4. The number of hydrogen-bond donors (Lipinski definition) is 1. The third kappa shape index (κ3) is 3.81. The zero-order valence-corrected chi connectivity index (χ0v) is 14.3. The highest BCUT2D eigenvalue weighted by Crippen LogP contribution is 2.40. The molecule has 0 saturated carbocycles. The van der Waals surface area contributed by atoms with Crippen LogP contribution < -0.4 is 9.47 Å². The van der Waals surface area contributed by atoms with E-state index < -0.39 is 5.60 Å². The van der Waals surface area contributed by atoms with Crippen molar-refractivity contribution < 1.29 is 14.6 Å². The predicted molar refractivity (Wildman–Crippen MR) is 91.1 cm³/mol. The maximum absolute atomic E-state index is 11.0. The van der Waals surface area contributed by atoms with Gasteiger partial charge in [0.1, 0.15) is 0 Å². The van der Waals surface area contributed by atoms with Gasteiger partial charge in [-0.25, -0.2) is 0 Å². The lowest BCUT2D eigenvalue weighted by atomic mass is 9.74. The average molecular weight is 319 g/mol. The van der Waals surface area contributed by atoms with Crippen LogP contribution in [-0.2, 0) is 0 Å². The summed E-state index contributed by atoms with van der Waals surface area (Å²) in [6.07, 6.45) is 6.15. The first-order chi connectivity index (χ1) is 11.1. The number of para-hydroxylation sites is 2. The van der Waals surface area contributed by atoms with E-state index in [1.807, 2.05) is 31.2 Å². The molecular weight excluding hydrogens is 290 g/mol. The molecule has 0 spiro atoms. The summed E-state index contributed by atoms with van der Waals surface area (Å²) in [6.45, 7) is 3.13. The van der Waals surface area contributed by atoms with Crippen LogP contribution in [0, 0.1) is 0 Å². The van der Waals surface area contributed by atoms with Crippen molar-refractivity contribution >= 4 is 0 Å². The Kier molecular flexibility index (Phi) is 5.12. The standard InChI is InChI=1S/C19H29NO3/c1-3-22-17-9-4-5-10-18(17)23-12-11-19(21)13-15-7-6-8-16(14-19)20(15)2/h4-5,9-10,15-16,21H,3,6-8,11-14H2,1-2H3. The number of nitrogens with zero attached hydrogens (tertiary/aromatic N) is 1. The van der Waals surface area contributed by atoms with Gasteiger partial charge in [0.05, 0.1) is 18.8 Å². The van der Waals surface area contributed by atoms with Crippen molar-refractivity contribution in [1.82, 2.24) is 4.90 Å². The lowest BCUT2D eigenvalue weighted by molar-refractivity contribution is -0.0912. The van der Waals surface area contributed by atoms with E-state index in [0.717, 1.165) is 24.3 Å². The van der Waals surface area contributed by atoms with Crippen LogP contribution in [0.3, 0.4) is 0 Å². The molecule has 1 aromatic carbocycles. The largest absolute Gasteiger partial charge is 0.490 e. The van der Waals surface area contributed by atoms with E-state index >= 15 is 0 Å². The molecule has 0 radical (unpaired) electrons. The summed E-state index contributed by atoms with van der Waals surface area (Å²) in [5, 5.41) is 11.0. The summed E-state index contributed by atoms with van der Waals surface area (Å²) < 4.78 is 11.5. The Bertz CT molecular complexity index is 505. The third-order valence-electron chi connectivity index (χ3n) is 5.43. The van der Waals surface area contributed by atoms with Gasteiger partial charge in [-0.1, -0.05) is 18.6 Å². The molecular formula is C19H29NO3. The lowest BCUT2D eigenvalue weighted by Crippen LogP contribution is -2.56. The third-order valence-corrected chi connectivity index (χ3v) is 5.43. The van der Waals surface area contributed by atoms with Crippen molar-refractivity contribution in [1.29, 1.82) is 0 Å². The average Bonchev–Trinajstić information content (AvgIpc) is 2.51. The van der Waals surface area contributed by atoms with Crippen LogP contribution in [-0.4, -0.2) is 48.0 Å². The maximum atomic E-state index is 11.0. The molecule has 2 atom stereocenters. The molecule has 2 heterocycles. The molecule has 2 unspecified atom stereocenters. The van der Waals surface area contributed by atoms with Gasteiger partial charge in [0, 0.05) is 18.5 Å². The van der Waals surface area contributed by atoms with Gasteiger partial charge >= 0.3 is 0 Å². The molecule has 1 N–H and O–H groups in total. The second-order valence-corrected chi connectivity index (χ2v) is 7.01. The van der Waals surface area contributed by atoms with Crippen molar-refractivity contribution in [2.75, 3.05) is 20.3 Å². The fourth-order valence-corrected chi connectivity index (χ4v) is 4.15. The molecule has 4 nitrogen and oxygen atoms in total.